The van der Waals surface area contributed by atoms with Crippen LogP contribution in [-0.2, 0) is 18.6 Å². The van der Waals surface area contributed by atoms with Gasteiger partial charge in [-0.05, 0) is 26.8 Å². The standard InChI is InChI=1S/C19H32FN4O5PS/c1-11(2)29-18(26)12(3)23-30(6,27)28-10-19(5)14(9-25)31-17(16(19)20)24-8-7-15(21)22-13(24)4/h7-8,11-12,14,16-17,25H,4,9-10H2,1-3,5-6H3,(H2,21,22)(H,23,27)/t12-,14+,16-,17-,19?,30?/m0/s1. The van der Waals surface area contributed by atoms with Crippen LogP contribution in [0.1, 0.15) is 27.7 Å². The van der Waals surface area contributed by atoms with Gasteiger partial charge in [-0.1, -0.05) is 13.5 Å². The van der Waals surface area contributed by atoms with Crippen molar-refractivity contribution in [2.45, 2.75) is 56.6 Å². The molecule has 2 rings (SSSR count). The number of hydrogen-bond acceptors (Lipinski definition) is 9. The highest BCUT2D eigenvalue weighted by Gasteiger charge is 2.56. The average Bonchev–Trinajstić information content (AvgIpc) is 2.91. The van der Waals surface area contributed by atoms with Gasteiger partial charge in [-0.15, -0.1) is 11.8 Å². The molecule has 9 nitrogen and oxygen atoms in total. The second-order valence-electron chi connectivity index (χ2n) is 8.24. The number of hydrogen-bond donors (Lipinski definition) is 3. The molecule has 2 aliphatic heterocycles. The van der Waals surface area contributed by atoms with Crippen molar-refractivity contribution in [1.82, 2.24) is 9.99 Å². The number of nitrogens with zero attached hydrogens (tertiary/aromatic N) is 2. The average molecular weight is 479 g/mol. The SMILES string of the molecule is C=C1N=C(N)C=CN1[C@H]1S[C@H](CO)C(C)(COP(C)(=O)N[C@@H](C)C(=O)OC(C)C)[C@H]1F. The maximum Gasteiger partial charge on any atom is 0.323 e. The van der Waals surface area contributed by atoms with E-state index in [1.54, 1.807) is 37.9 Å². The summed E-state index contributed by atoms with van der Waals surface area (Å²) in [5.74, 6) is 0.00472. The topological polar surface area (TPSA) is 126 Å². The molecule has 4 N–H and O–H groups in total. The van der Waals surface area contributed by atoms with E-state index in [0.29, 0.717) is 5.82 Å². The number of nitrogens with one attached hydrogen (secondary N) is 1. The minimum Gasteiger partial charge on any atom is -0.462 e. The molecule has 6 atom stereocenters. The predicted molar refractivity (Wildman–Crippen MR) is 120 cm³/mol. The van der Waals surface area contributed by atoms with Crippen molar-refractivity contribution in [3.8, 4) is 0 Å². The van der Waals surface area contributed by atoms with Gasteiger partial charge in [0.25, 0.3) is 7.52 Å². The number of esters is 1. The zero-order chi connectivity index (χ0) is 23.6. The summed E-state index contributed by atoms with van der Waals surface area (Å²) in [7, 11) is -3.47. The van der Waals surface area contributed by atoms with E-state index in [1.807, 2.05) is 0 Å². The second kappa shape index (κ2) is 10.0. The molecular formula is C19H32FN4O5PS. The fourth-order valence-corrected chi connectivity index (χ4v) is 6.40. The van der Waals surface area contributed by atoms with Crippen LogP contribution in [0.4, 0.5) is 4.39 Å². The zero-order valence-corrected chi connectivity index (χ0v) is 20.2. The summed E-state index contributed by atoms with van der Waals surface area (Å²) in [6.45, 7) is 11.2. The maximum atomic E-state index is 15.6. The number of carbonyl (C=O) groups is 1. The fourth-order valence-electron chi connectivity index (χ4n) is 3.28. The van der Waals surface area contributed by atoms with Crippen molar-refractivity contribution in [1.29, 1.82) is 0 Å². The van der Waals surface area contributed by atoms with E-state index in [2.05, 4.69) is 16.7 Å². The van der Waals surface area contributed by atoms with Crippen molar-refractivity contribution < 1.29 is 28.1 Å². The highest BCUT2D eigenvalue weighted by atomic mass is 32.2. The first-order valence-corrected chi connectivity index (χ1v) is 12.9. The minimum absolute atomic E-state index is 0.231. The van der Waals surface area contributed by atoms with E-state index in [0.717, 1.165) is 0 Å². The summed E-state index contributed by atoms with van der Waals surface area (Å²) in [4.78, 5) is 17.6. The molecule has 1 saturated heterocycles. The molecular weight excluding hydrogens is 446 g/mol. The monoisotopic (exact) mass is 478 g/mol. The number of carbonyl (C=O) groups excluding carboxylic acids is 1. The maximum absolute atomic E-state index is 15.6. The molecule has 0 aromatic heterocycles. The Morgan fingerprint density at radius 2 is 2.19 bits per heavy atom. The number of halogens is 1. The molecule has 1 fully saturated rings. The Morgan fingerprint density at radius 1 is 1.55 bits per heavy atom. The highest BCUT2D eigenvalue weighted by molar-refractivity contribution is 8.00. The van der Waals surface area contributed by atoms with Gasteiger partial charge in [0, 0.05) is 23.5 Å². The highest BCUT2D eigenvalue weighted by Crippen LogP contribution is 2.53. The number of thioether (sulfide) groups is 1. The van der Waals surface area contributed by atoms with Gasteiger partial charge in [0.05, 0.1) is 19.3 Å². The third-order valence-electron chi connectivity index (χ3n) is 5.08. The van der Waals surface area contributed by atoms with Crippen LogP contribution in [0.2, 0.25) is 0 Å². The molecule has 2 heterocycles. The number of amidine groups is 1. The van der Waals surface area contributed by atoms with Gasteiger partial charge < -0.3 is 25.0 Å². The van der Waals surface area contributed by atoms with Crippen molar-refractivity contribution in [2.24, 2.45) is 16.1 Å². The lowest BCUT2D eigenvalue weighted by Gasteiger charge is -2.35. The van der Waals surface area contributed by atoms with Crippen LogP contribution in [0, 0.1) is 5.41 Å². The quantitative estimate of drug-likeness (QED) is 0.338. The van der Waals surface area contributed by atoms with E-state index in [1.165, 1.54) is 25.4 Å². The largest absolute Gasteiger partial charge is 0.462 e. The molecule has 0 bridgehead atoms. The van der Waals surface area contributed by atoms with E-state index in [-0.39, 0.29) is 25.2 Å². The van der Waals surface area contributed by atoms with Crippen molar-refractivity contribution in [3.63, 3.8) is 0 Å². The summed E-state index contributed by atoms with van der Waals surface area (Å²) in [5, 5.41) is 11.3. The summed E-state index contributed by atoms with van der Waals surface area (Å²) in [6.07, 6.45) is 1.37. The van der Waals surface area contributed by atoms with Gasteiger partial charge in [-0.25, -0.2) is 14.5 Å². The lowest BCUT2D eigenvalue weighted by molar-refractivity contribution is -0.149. The van der Waals surface area contributed by atoms with Crippen molar-refractivity contribution in [3.05, 3.63) is 24.7 Å². The first-order chi connectivity index (χ1) is 14.3. The summed E-state index contributed by atoms with van der Waals surface area (Å²) in [5.41, 5.74) is 4.50. The van der Waals surface area contributed by atoms with Gasteiger partial charge in [-0.2, -0.15) is 0 Å². The molecule has 0 saturated carbocycles. The molecule has 176 valence electrons. The van der Waals surface area contributed by atoms with Crippen molar-refractivity contribution in [2.75, 3.05) is 19.9 Å². The molecule has 0 aliphatic carbocycles. The number of rotatable bonds is 9. The van der Waals surface area contributed by atoms with Gasteiger partial charge in [0.2, 0.25) is 0 Å². The van der Waals surface area contributed by atoms with E-state index in [9.17, 15) is 14.5 Å². The third kappa shape index (κ3) is 6.10. The van der Waals surface area contributed by atoms with Crippen LogP contribution in [0.15, 0.2) is 29.7 Å². The van der Waals surface area contributed by atoms with Crippen LogP contribution in [0.3, 0.4) is 0 Å². The lowest BCUT2D eigenvalue weighted by atomic mass is 9.82. The Bertz CT molecular complexity index is 810. The van der Waals surface area contributed by atoms with Crippen LogP contribution in [-0.4, -0.2) is 70.6 Å². The van der Waals surface area contributed by atoms with E-state index in [4.69, 9.17) is 15.0 Å². The van der Waals surface area contributed by atoms with Crippen LogP contribution >= 0.6 is 19.3 Å². The molecule has 0 amide bonds. The Hall–Kier alpha value is -1.39. The van der Waals surface area contributed by atoms with E-state index >= 15 is 4.39 Å². The number of aliphatic imine (C=N–C) groups is 1. The number of nitrogens with two attached hydrogens (primary N) is 1. The van der Waals surface area contributed by atoms with E-state index < -0.39 is 41.7 Å². The zero-order valence-electron chi connectivity index (χ0n) is 18.4. The molecule has 0 aromatic carbocycles. The summed E-state index contributed by atoms with van der Waals surface area (Å²) >= 11 is 1.23. The molecule has 2 unspecified atom stereocenters. The van der Waals surface area contributed by atoms with Gasteiger partial charge in [0.15, 0.2) is 0 Å². The van der Waals surface area contributed by atoms with Gasteiger partial charge in [-0.3, -0.25) is 9.36 Å². The number of aliphatic hydroxyl groups is 1. The predicted octanol–water partition coefficient (Wildman–Crippen LogP) is 2.19. The van der Waals surface area contributed by atoms with Crippen LogP contribution in [0.5, 0.6) is 0 Å². The minimum atomic E-state index is -3.47. The smallest absolute Gasteiger partial charge is 0.323 e. The van der Waals surface area contributed by atoms with Gasteiger partial charge in [0.1, 0.15) is 29.2 Å². The molecule has 12 heteroatoms. The van der Waals surface area contributed by atoms with Crippen LogP contribution < -0.4 is 10.8 Å². The Balaban J connectivity index is 2.08. The normalized spacial score (nSPS) is 31.5. The molecule has 0 radical (unpaired) electrons. The van der Waals surface area contributed by atoms with Crippen molar-refractivity contribution >= 4 is 31.1 Å². The molecule has 0 spiro atoms. The summed E-state index contributed by atoms with van der Waals surface area (Å²) in [6, 6.07) is -0.864. The molecule has 2 aliphatic rings. The Morgan fingerprint density at radius 3 is 2.74 bits per heavy atom. The molecule has 31 heavy (non-hydrogen) atoms. The summed E-state index contributed by atoms with van der Waals surface area (Å²) < 4.78 is 39.2. The first kappa shape index (κ1) is 25.9. The second-order valence-corrected chi connectivity index (χ2v) is 11.8. The number of aliphatic hydroxyl groups excluding tert-OH is 1. The first-order valence-electron chi connectivity index (χ1n) is 9.91. The van der Waals surface area contributed by atoms with Gasteiger partial charge >= 0.3 is 5.97 Å². The van der Waals surface area contributed by atoms with Crippen LogP contribution in [0.25, 0.3) is 0 Å². The third-order valence-corrected chi connectivity index (χ3v) is 8.32. The Labute approximate surface area is 186 Å². The Kier molecular flexibility index (Phi) is 8.38. The fraction of sp³-hybridized carbons (Fsp3) is 0.684. The number of ether oxygens (including phenoxy) is 1. The lowest BCUT2D eigenvalue weighted by Crippen LogP contribution is -2.45. The number of alkyl halides is 1. The molecule has 0 aromatic rings.